The monoisotopic (exact) mass is 242 g/mol. The van der Waals surface area contributed by atoms with E-state index < -0.39 is 0 Å². The molecule has 0 aliphatic rings. The zero-order valence-corrected chi connectivity index (χ0v) is 12.0. The maximum Gasteiger partial charge on any atom is 0.220 e. The molecule has 1 unspecified atom stereocenters. The van der Waals surface area contributed by atoms with Crippen molar-refractivity contribution in [3.63, 3.8) is 0 Å². The SMILES string of the molecule is CCCCCC(C)(C)CNC(=O)CCC(C)N. The van der Waals surface area contributed by atoms with Gasteiger partial charge in [-0.15, -0.1) is 0 Å². The molecule has 3 N–H and O–H groups in total. The van der Waals surface area contributed by atoms with E-state index in [0.717, 1.165) is 13.0 Å². The molecule has 0 saturated heterocycles. The van der Waals surface area contributed by atoms with E-state index in [0.29, 0.717) is 6.42 Å². The van der Waals surface area contributed by atoms with Crippen molar-refractivity contribution in [2.45, 2.75) is 72.3 Å². The van der Waals surface area contributed by atoms with Crippen LogP contribution in [-0.2, 0) is 4.79 Å². The van der Waals surface area contributed by atoms with Gasteiger partial charge in [-0.05, 0) is 25.2 Å². The Hall–Kier alpha value is -0.570. The normalized spacial score (nSPS) is 13.5. The molecule has 3 nitrogen and oxygen atoms in total. The lowest BCUT2D eigenvalue weighted by atomic mass is 9.87. The van der Waals surface area contributed by atoms with Gasteiger partial charge in [0.1, 0.15) is 0 Å². The molecular formula is C14H30N2O. The Morgan fingerprint density at radius 2 is 2.00 bits per heavy atom. The van der Waals surface area contributed by atoms with Gasteiger partial charge >= 0.3 is 0 Å². The molecular weight excluding hydrogens is 212 g/mol. The lowest BCUT2D eigenvalue weighted by molar-refractivity contribution is -0.121. The summed E-state index contributed by atoms with van der Waals surface area (Å²) >= 11 is 0. The average molecular weight is 242 g/mol. The standard InChI is InChI=1S/C14H30N2O/c1-5-6-7-10-14(3,4)11-16-13(17)9-8-12(2)15/h12H,5-11,15H2,1-4H3,(H,16,17). The third-order valence-corrected chi connectivity index (χ3v) is 3.05. The Bertz CT molecular complexity index is 212. The van der Waals surface area contributed by atoms with Gasteiger partial charge in [0.15, 0.2) is 0 Å². The number of amides is 1. The zero-order valence-electron chi connectivity index (χ0n) is 12.0. The highest BCUT2D eigenvalue weighted by Crippen LogP contribution is 2.22. The molecule has 0 rings (SSSR count). The molecule has 0 saturated carbocycles. The lowest BCUT2D eigenvalue weighted by Crippen LogP contribution is -2.34. The van der Waals surface area contributed by atoms with Crippen LogP contribution in [0.25, 0.3) is 0 Å². The first-order valence-corrected chi connectivity index (χ1v) is 6.89. The van der Waals surface area contributed by atoms with Gasteiger partial charge in [-0.3, -0.25) is 4.79 Å². The van der Waals surface area contributed by atoms with Crippen molar-refractivity contribution in [3.8, 4) is 0 Å². The first-order valence-electron chi connectivity index (χ1n) is 6.89. The van der Waals surface area contributed by atoms with Crippen molar-refractivity contribution < 1.29 is 4.79 Å². The van der Waals surface area contributed by atoms with Crippen LogP contribution in [0, 0.1) is 5.41 Å². The largest absolute Gasteiger partial charge is 0.356 e. The fraction of sp³-hybridized carbons (Fsp3) is 0.929. The maximum atomic E-state index is 11.6. The molecule has 0 aliphatic heterocycles. The van der Waals surface area contributed by atoms with Crippen molar-refractivity contribution in [2.24, 2.45) is 11.1 Å². The summed E-state index contributed by atoms with van der Waals surface area (Å²) < 4.78 is 0. The van der Waals surface area contributed by atoms with E-state index in [1.165, 1.54) is 25.7 Å². The molecule has 102 valence electrons. The van der Waals surface area contributed by atoms with Gasteiger partial charge in [0, 0.05) is 19.0 Å². The molecule has 1 atom stereocenters. The lowest BCUT2D eigenvalue weighted by Gasteiger charge is -2.25. The second-order valence-corrected chi connectivity index (χ2v) is 5.91. The molecule has 3 heteroatoms. The zero-order chi connectivity index (χ0) is 13.3. The van der Waals surface area contributed by atoms with Crippen LogP contribution in [0.4, 0.5) is 0 Å². The molecule has 0 bridgehead atoms. The van der Waals surface area contributed by atoms with Crippen LogP contribution in [0.3, 0.4) is 0 Å². The summed E-state index contributed by atoms with van der Waals surface area (Å²) in [5.74, 6) is 0.130. The highest BCUT2D eigenvalue weighted by Gasteiger charge is 2.18. The number of carbonyl (C=O) groups is 1. The topological polar surface area (TPSA) is 55.1 Å². The minimum absolute atomic E-state index is 0.110. The van der Waals surface area contributed by atoms with Gasteiger partial charge < -0.3 is 11.1 Å². The van der Waals surface area contributed by atoms with E-state index >= 15 is 0 Å². The predicted molar refractivity (Wildman–Crippen MR) is 73.8 cm³/mol. The highest BCUT2D eigenvalue weighted by atomic mass is 16.1. The number of carbonyl (C=O) groups excluding carboxylic acids is 1. The van der Waals surface area contributed by atoms with Crippen LogP contribution in [-0.4, -0.2) is 18.5 Å². The number of nitrogens with two attached hydrogens (primary N) is 1. The Kier molecular flexibility index (Phi) is 8.23. The van der Waals surface area contributed by atoms with Gasteiger partial charge in [-0.25, -0.2) is 0 Å². The summed E-state index contributed by atoms with van der Waals surface area (Å²) in [4.78, 5) is 11.6. The van der Waals surface area contributed by atoms with Crippen LogP contribution in [0.1, 0.15) is 66.2 Å². The second-order valence-electron chi connectivity index (χ2n) is 5.91. The van der Waals surface area contributed by atoms with Crippen molar-refractivity contribution in [1.29, 1.82) is 0 Å². The molecule has 0 aromatic rings. The summed E-state index contributed by atoms with van der Waals surface area (Å²) in [7, 11) is 0. The molecule has 1 amide bonds. The Balaban J connectivity index is 3.72. The Morgan fingerprint density at radius 3 is 2.53 bits per heavy atom. The minimum Gasteiger partial charge on any atom is -0.356 e. The second kappa shape index (κ2) is 8.51. The molecule has 0 heterocycles. The number of hydrogen-bond acceptors (Lipinski definition) is 2. The van der Waals surface area contributed by atoms with E-state index in [1.54, 1.807) is 0 Å². The van der Waals surface area contributed by atoms with Crippen LogP contribution in [0.5, 0.6) is 0 Å². The summed E-state index contributed by atoms with van der Waals surface area (Å²) in [6.45, 7) is 9.35. The first kappa shape index (κ1) is 16.4. The fourth-order valence-electron chi connectivity index (χ4n) is 1.73. The molecule has 0 aromatic carbocycles. The summed E-state index contributed by atoms with van der Waals surface area (Å²) in [5, 5.41) is 3.01. The molecule has 0 aromatic heterocycles. The summed E-state index contributed by atoms with van der Waals surface area (Å²) in [5.41, 5.74) is 5.83. The van der Waals surface area contributed by atoms with Crippen molar-refractivity contribution in [2.75, 3.05) is 6.54 Å². The molecule has 0 radical (unpaired) electrons. The minimum atomic E-state index is 0.110. The van der Waals surface area contributed by atoms with E-state index in [-0.39, 0.29) is 17.4 Å². The van der Waals surface area contributed by atoms with Gasteiger partial charge in [0.05, 0.1) is 0 Å². The van der Waals surface area contributed by atoms with Crippen molar-refractivity contribution >= 4 is 5.91 Å². The molecule has 0 fully saturated rings. The third kappa shape index (κ3) is 10.3. The van der Waals surface area contributed by atoms with Crippen molar-refractivity contribution in [3.05, 3.63) is 0 Å². The number of rotatable bonds is 9. The molecule has 17 heavy (non-hydrogen) atoms. The van der Waals surface area contributed by atoms with Crippen molar-refractivity contribution in [1.82, 2.24) is 5.32 Å². The van der Waals surface area contributed by atoms with Gasteiger partial charge in [-0.1, -0.05) is 40.0 Å². The number of hydrogen-bond donors (Lipinski definition) is 2. The Labute approximate surface area is 107 Å². The van der Waals surface area contributed by atoms with E-state index in [1.807, 2.05) is 6.92 Å². The summed E-state index contributed by atoms with van der Waals surface area (Å²) in [6, 6.07) is 0.110. The fourth-order valence-corrected chi connectivity index (χ4v) is 1.73. The number of unbranched alkanes of at least 4 members (excludes halogenated alkanes) is 2. The predicted octanol–water partition coefficient (Wildman–Crippen LogP) is 2.84. The van der Waals surface area contributed by atoms with E-state index in [9.17, 15) is 4.79 Å². The smallest absolute Gasteiger partial charge is 0.220 e. The van der Waals surface area contributed by atoms with Gasteiger partial charge in [0.2, 0.25) is 5.91 Å². The van der Waals surface area contributed by atoms with Gasteiger partial charge in [0.25, 0.3) is 0 Å². The molecule has 0 spiro atoms. The van der Waals surface area contributed by atoms with Crippen LogP contribution >= 0.6 is 0 Å². The van der Waals surface area contributed by atoms with E-state index in [2.05, 4.69) is 26.1 Å². The van der Waals surface area contributed by atoms with Crippen LogP contribution in [0.2, 0.25) is 0 Å². The molecule has 0 aliphatic carbocycles. The number of nitrogens with one attached hydrogen (secondary N) is 1. The highest BCUT2D eigenvalue weighted by molar-refractivity contribution is 5.75. The van der Waals surface area contributed by atoms with Crippen LogP contribution in [0.15, 0.2) is 0 Å². The average Bonchev–Trinajstić information content (AvgIpc) is 2.24. The van der Waals surface area contributed by atoms with Crippen LogP contribution < -0.4 is 11.1 Å². The van der Waals surface area contributed by atoms with Gasteiger partial charge in [-0.2, -0.15) is 0 Å². The quantitative estimate of drug-likeness (QED) is 0.611. The summed E-state index contributed by atoms with van der Waals surface area (Å²) in [6.07, 6.45) is 6.26. The Morgan fingerprint density at radius 1 is 1.35 bits per heavy atom. The third-order valence-electron chi connectivity index (χ3n) is 3.05. The first-order chi connectivity index (χ1) is 7.87. The maximum absolute atomic E-state index is 11.6. The van der Waals surface area contributed by atoms with E-state index in [4.69, 9.17) is 5.73 Å².